The molecule has 0 saturated heterocycles. The molecule has 86 valence electrons. The molecule has 0 radical (unpaired) electrons. The molecule has 0 aromatic heterocycles. The van der Waals surface area contributed by atoms with Crippen LogP contribution >= 0.6 is 0 Å². The van der Waals surface area contributed by atoms with Crippen LogP contribution in [0.4, 0.5) is 15.8 Å². The molecule has 0 spiro atoms. The maximum Gasteiger partial charge on any atom is 0.277 e. The fraction of sp³-hybridized carbons (Fsp3) is 0. The summed E-state index contributed by atoms with van der Waals surface area (Å²) in [5.41, 5.74) is 6.63. The number of anilines is 1. The molecule has 2 aromatic rings. The lowest BCUT2D eigenvalue weighted by atomic mass is 10.0. The third-order valence-electron chi connectivity index (χ3n) is 2.40. The van der Waals surface area contributed by atoms with Crippen molar-refractivity contribution in [3.8, 4) is 11.1 Å². The van der Waals surface area contributed by atoms with Crippen LogP contribution in [0.2, 0.25) is 0 Å². The number of benzene rings is 2. The minimum Gasteiger partial charge on any atom is -0.398 e. The first-order valence-electron chi connectivity index (χ1n) is 4.88. The molecule has 2 N–H and O–H groups in total. The van der Waals surface area contributed by atoms with Crippen molar-refractivity contribution >= 4 is 11.4 Å². The van der Waals surface area contributed by atoms with E-state index < -0.39 is 10.7 Å². The van der Waals surface area contributed by atoms with E-state index in [9.17, 15) is 14.5 Å². The van der Waals surface area contributed by atoms with Crippen molar-refractivity contribution in [1.82, 2.24) is 0 Å². The Labute approximate surface area is 96.6 Å². The maximum absolute atomic E-state index is 12.9. The summed E-state index contributed by atoms with van der Waals surface area (Å²) in [5.74, 6) is -0.468. The van der Waals surface area contributed by atoms with Crippen LogP contribution in [-0.2, 0) is 0 Å². The number of nitrogen functional groups attached to an aromatic ring is 1. The SMILES string of the molecule is Nc1cc(F)ccc1-c1ccccc1[N+](=O)[O-]. The number of nitrogens with two attached hydrogens (primary N) is 1. The summed E-state index contributed by atoms with van der Waals surface area (Å²) in [6, 6.07) is 10.0. The molecule has 17 heavy (non-hydrogen) atoms. The van der Waals surface area contributed by atoms with Crippen LogP contribution < -0.4 is 5.73 Å². The summed E-state index contributed by atoms with van der Waals surface area (Å²) >= 11 is 0. The van der Waals surface area contributed by atoms with E-state index in [1.54, 1.807) is 18.2 Å². The molecule has 0 heterocycles. The highest BCUT2D eigenvalue weighted by atomic mass is 19.1. The molecule has 0 aliphatic carbocycles. The van der Waals surface area contributed by atoms with Crippen LogP contribution in [-0.4, -0.2) is 4.92 Å². The molecule has 0 unspecified atom stereocenters. The molecular weight excluding hydrogens is 223 g/mol. The van der Waals surface area contributed by atoms with Gasteiger partial charge in [0.1, 0.15) is 5.82 Å². The van der Waals surface area contributed by atoms with Gasteiger partial charge in [-0.1, -0.05) is 12.1 Å². The minimum absolute atomic E-state index is 0.0502. The lowest BCUT2D eigenvalue weighted by Gasteiger charge is -2.06. The van der Waals surface area contributed by atoms with E-state index in [0.717, 1.165) is 6.07 Å². The fourth-order valence-electron chi connectivity index (χ4n) is 1.64. The summed E-state index contributed by atoms with van der Waals surface area (Å²) in [6.07, 6.45) is 0. The number of rotatable bonds is 2. The second-order valence-corrected chi connectivity index (χ2v) is 3.51. The first kappa shape index (κ1) is 11.1. The third-order valence-corrected chi connectivity index (χ3v) is 2.40. The average molecular weight is 232 g/mol. The van der Waals surface area contributed by atoms with E-state index >= 15 is 0 Å². The smallest absolute Gasteiger partial charge is 0.277 e. The van der Waals surface area contributed by atoms with Gasteiger partial charge >= 0.3 is 0 Å². The zero-order valence-corrected chi connectivity index (χ0v) is 8.76. The van der Waals surface area contributed by atoms with Gasteiger partial charge in [-0.25, -0.2) is 4.39 Å². The molecule has 2 aromatic carbocycles. The van der Waals surface area contributed by atoms with Gasteiger partial charge in [-0.3, -0.25) is 10.1 Å². The van der Waals surface area contributed by atoms with Crippen LogP contribution in [0.1, 0.15) is 0 Å². The van der Waals surface area contributed by atoms with Crippen molar-refractivity contribution in [3.05, 3.63) is 58.4 Å². The lowest BCUT2D eigenvalue weighted by Crippen LogP contribution is -1.95. The van der Waals surface area contributed by atoms with E-state index in [2.05, 4.69) is 0 Å². The molecule has 0 fully saturated rings. The Hall–Kier alpha value is -2.43. The summed E-state index contributed by atoms with van der Waals surface area (Å²) < 4.78 is 12.9. The molecule has 0 atom stereocenters. The summed E-state index contributed by atoms with van der Waals surface area (Å²) in [6.45, 7) is 0. The highest BCUT2D eigenvalue weighted by Gasteiger charge is 2.16. The second kappa shape index (κ2) is 4.21. The molecule has 5 heteroatoms. The number of nitro benzene ring substituents is 1. The van der Waals surface area contributed by atoms with Crippen LogP contribution in [0.15, 0.2) is 42.5 Å². The van der Waals surface area contributed by atoms with Crippen molar-refractivity contribution in [1.29, 1.82) is 0 Å². The van der Waals surface area contributed by atoms with Crippen molar-refractivity contribution in [2.75, 3.05) is 5.73 Å². The number of hydrogen-bond donors (Lipinski definition) is 1. The molecular formula is C12H9FN2O2. The Kier molecular flexibility index (Phi) is 2.74. The van der Waals surface area contributed by atoms with Gasteiger partial charge in [0.2, 0.25) is 0 Å². The van der Waals surface area contributed by atoms with Crippen LogP contribution in [0, 0.1) is 15.9 Å². The van der Waals surface area contributed by atoms with Gasteiger partial charge in [0.15, 0.2) is 0 Å². The number of halogens is 1. The molecule has 4 nitrogen and oxygen atoms in total. The van der Waals surface area contributed by atoms with E-state index in [1.807, 2.05) is 0 Å². The highest BCUT2D eigenvalue weighted by Crippen LogP contribution is 2.33. The number of para-hydroxylation sites is 1. The van der Waals surface area contributed by atoms with Gasteiger partial charge in [-0.15, -0.1) is 0 Å². The second-order valence-electron chi connectivity index (χ2n) is 3.51. The maximum atomic E-state index is 12.9. The monoisotopic (exact) mass is 232 g/mol. The van der Waals surface area contributed by atoms with Crippen LogP contribution in [0.3, 0.4) is 0 Å². The van der Waals surface area contributed by atoms with E-state index in [4.69, 9.17) is 5.73 Å². The van der Waals surface area contributed by atoms with Gasteiger partial charge in [0, 0.05) is 17.3 Å². The number of nitro groups is 1. The van der Waals surface area contributed by atoms with Gasteiger partial charge in [-0.2, -0.15) is 0 Å². The standard InChI is InChI=1S/C12H9FN2O2/c13-8-5-6-9(11(14)7-8)10-3-1-2-4-12(10)15(16)17/h1-7H,14H2. The van der Waals surface area contributed by atoms with E-state index in [0.29, 0.717) is 11.1 Å². The van der Waals surface area contributed by atoms with Crippen molar-refractivity contribution in [3.63, 3.8) is 0 Å². The number of nitrogens with zero attached hydrogens (tertiary/aromatic N) is 1. The summed E-state index contributed by atoms with van der Waals surface area (Å²) in [4.78, 5) is 10.4. The average Bonchev–Trinajstić information content (AvgIpc) is 2.29. The summed E-state index contributed by atoms with van der Waals surface area (Å²) in [5, 5.41) is 10.9. The summed E-state index contributed by atoms with van der Waals surface area (Å²) in [7, 11) is 0. The van der Waals surface area contributed by atoms with E-state index in [1.165, 1.54) is 18.2 Å². The van der Waals surface area contributed by atoms with Gasteiger partial charge in [-0.05, 0) is 24.3 Å². The Morgan fingerprint density at radius 3 is 2.47 bits per heavy atom. The Balaban J connectivity index is 2.64. The largest absolute Gasteiger partial charge is 0.398 e. The molecule has 2 rings (SSSR count). The zero-order valence-electron chi connectivity index (χ0n) is 8.76. The Bertz CT molecular complexity index is 584. The topological polar surface area (TPSA) is 69.2 Å². The first-order chi connectivity index (χ1) is 8.09. The zero-order chi connectivity index (χ0) is 12.4. The molecule has 0 aliphatic heterocycles. The lowest BCUT2D eigenvalue weighted by molar-refractivity contribution is -0.384. The van der Waals surface area contributed by atoms with Crippen molar-refractivity contribution in [2.45, 2.75) is 0 Å². The quantitative estimate of drug-likeness (QED) is 0.491. The van der Waals surface area contributed by atoms with Crippen molar-refractivity contribution in [2.24, 2.45) is 0 Å². The molecule has 0 bridgehead atoms. The Morgan fingerprint density at radius 2 is 1.82 bits per heavy atom. The fourth-order valence-corrected chi connectivity index (χ4v) is 1.64. The normalized spacial score (nSPS) is 10.2. The predicted octanol–water partition coefficient (Wildman–Crippen LogP) is 2.98. The van der Waals surface area contributed by atoms with Crippen molar-refractivity contribution < 1.29 is 9.31 Å². The third kappa shape index (κ3) is 2.08. The van der Waals surface area contributed by atoms with Gasteiger partial charge in [0.25, 0.3) is 5.69 Å². The predicted molar refractivity (Wildman–Crippen MR) is 62.9 cm³/mol. The van der Waals surface area contributed by atoms with Gasteiger partial charge < -0.3 is 5.73 Å². The molecule has 0 aliphatic rings. The first-order valence-corrected chi connectivity index (χ1v) is 4.88. The molecule has 0 saturated carbocycles. The number of hydrogen-bond acceptors (Lipinski definition) is 3. The van der Waals surface area contributed by atoms with Crippen LogP contribution in [0.25, 0.3) is 11.1 Å². The molecule has 0 amide bonds. The minimum atomic E-state index is -0.488. The van der Waals surface area contributed by atoms with Crippen LogP contribution in [0.5, 0.6) is 0 Å². The van der Waals surface area contributed by atoms with E-state index in [-0.39, 0.29) is 11.4 Å². The Morgan fingerprint density at radius 1 is 1.12 bits per heavy atom. The highest BCUT2D eigenvalue weighted by molar-refractivity contribution is 5.82. The van der Waals surface area contributed by atoms with Gasteiger partial charge in [0.05, 0.1) is 10.5 Å².